The fourth-order valence-corrected chi connectivity index (χ4v) is 0.744. The molecule has 0 aliphatic rings. The molecule has 0 unspecified atom stereocenters. The highest BCUT2D eigenvalue weighted by Gasteiger charge is 1.86. The topological polar surface area (TPSA) is 37.3 Å². The smallest absolute Gasteiger partial charge is 0.307 e. The second kappa shape index (κ2) is 8.05. The minimum Gasteiger partial charge on any atom is -0.481 e. The molecule has 68 valence electrons. The average Bonchev–Trinajstić information content (AvgIpc) is 2.02. The maximum Gasteiger partial charge on any atom is 0.307 e. The van der Waals surface area contributed by atoms with Crippen LogP contribution < -0.4 is 0 Å². The molecule has 0 spiro atoms. The van der Waals surface area contributed by atoms with Crippen LogP contribution in [0.3, 0.4) is 0 Å². The van der Waals surface area contributed by atoms with Gasteiger partial charge >= 0.3 is 5.97 Å². The number of carbonyl (C=O) groups is 1. The molecule has 0 aromatic carbocycles. The molecule has 0 radical (unpaired) electrons. The maximum atomic E-state index is 10.1. The van der Waals surface area contributed by atoms with Gasteiger partial charge in [0.2, 0.25) is 0 Å². The highest BCUT2D eigenvalue weighted by Crippen LogP contribution is 1.95. The molecule has 12 heavy (non-hydrogen) atoms. The largest absolute Gasteiger partial charge is 0.481 e. The van der Waals surface area contributed by atoms with Gasteiger partial charge in [0.1, 0.15) is 0 Å². The van der Waals surface area contributed by atoms with Crippen LogP contribution in [0.25, 0.3) is 0 Å². The fraction of sp³-hybridized carbons (Fsp3) is 0.500. The molecular weight excluding hydrogens is 152 g/mol. The standard InChI is InChI=1S/C10H16O2/c1-2-3-4-5-6-7-8-9-10(11)12/h5-8H,2-4,9H2,1H3,(H,11,12)/b6-5-,8-7-. The van der Waals surface area contributed by atoms with Crippen molar-refractivity contribution in [2.75, 3.05) is 0 Å². The van der Waals surface area contributed by atoms with Crippen LogP contribution in [0.5, 0.6) is 0 Å². The van der Waals surface area contributed by atoms with Gasteiger partial charge in [-0.2, -0.15) is 0 Å². The summed E-state index contributed by atoms with van der Waals surface area (Å²) < 4.78 is 0. The summed E-state index contributed by atoms with van der Waals surface area (Å²) in [5.41, 5.74) is 0. The van der Waals surface area contributed by atoms with Crippen molar-refractivity contribution in [1.29, 1.82) is 0 Å². The second-order valence-electron chi connectivity index (χ2n) is 2.60. The Morgan fingerprint density at radius 3 is 2.58 bits per heavy atom. The van der Waals surface area contributed by atoms with Crippen LogP contribution in [0, 0.1) is 0 Å². The van der Waals surface area contributed by atoms with Crippen molar-refractivity contribution in [2.45, 2.75) is 32.6 Å². The molecule has 0 aromatic heterocycles. The van der Waals surface area contributed by atoms with Gasteiger partial charge in [-0.1, -0.05) is 44.1 Å². The van der Waals surface area contributed by atoms with Gasteiger partial charge in [-0.15, -0.1) is 0 Å². The second-order valence-corrected chi connectivity index (χ2v) is 2.60. The first kappa shape index (κ1) is 11.0. The molecule has 0 aliphatic heterocycles. The lowest BCUT2D eigenvalue weighted by molar-refractivity contribution is -0.135. The molecule has 2 nitrogen and oxygen atoms in total. The van der Waals surface area contributed by atoms with Crippen LogP contribution in [-0.2, 0) is 4.79 Å². The van der Waals surface area contributed by atoms with Gasteiger partial charge in [0.15, 0.2) is 0 Å². The van der Waals surface area contributed by atoms with Gasteiger partial charge in [-0.3, -0.25) is 4.79 Å². The monoisotopic (exact) mass is 168 g/mol. The van der Waals surface area contributed by atoms with E-state index in [4.69, 9.17) is 5.11 Å². The van der Waals surface area contributed by atoms with Crippen molar-refractivity contribution in [3.63, 3.8) is 0 Å². The molecule has 0 saturated carbocycles. The Morgan fingerprint density at radius 1 is 1.33 bits per heavy atom. The first-order valence-corrected chi connectivity index (χ1v) is 4.30. The normalized spacial score (nSPS) is 11.4. The van der Waals surface area contributed by atoms with Crippen LogP contribution in [0.15, 0.2) is 24.3 Å². The van der Waals surface area contributed by atoms with E-state index in [0.717, 1.165) is 6.42 Å². The Hall–Kier alpha value is -1.05. The quantitative estimate of drug-likeness (QED) is 0.489. The molecule has 0 amide bonds. The van der Waals surface area contributed by atoms with Gasteiger partial charge in [0, 0.05) is 0 Å². The SMILES string of the molecule is CCCC/C=C\C=C/CC(=O)O. The number of rotatable bonds is 6. The molecule has 0 fully saturated rings. The Kier molecular flexibility index (Phi) is 7.35. The van der Waals surface area contributed by atoms with Crippen LogP contribution in [0.2, 0.25) is 0 Å². The number of carboxylic acids is 1. The van der Waals surface area contributed by atoms with E-state index >= 15 is 0 Å². The van der Waals surface area contributed by atoms with Crippen molar-refractivity contribution >= 4 is 5.97 Å². The summed E-state index contributed by atoms with van der Waals surface area (Å²) >= 11 is 0. The fourth-order valence-electron chi connectivity index (χ4n) is 0.744. The number of allylic oxidation sites excluding steroid dienone is 3. The van der Waals surface area contributed by atoms with Gasteiger partial charge in [0.05, 0.1) is 6.42 Å². The number of hydrogen-bond acceptors (Lipinski definition) is 1. The highest BCUT2D eigenvalue weighted by molar-refractivity contribution is 5.68. The van der Waals surface area contributed by atoms with E-state index < -0.39 is 5.97 Å². The molecule has 2 heteroatoms. The molecule has 0 aliphatic carbocycles. The lowest BCUT2D eigenvalue weighted by atomic mass is 10.2. The number of unbranched alkanes of at least 4 members (excludes halogenated alkanes) is 2. The average molecular weight is 168 g/mol. The lowest BCUT2D eigenvalue weighted by Gasteiger charge is -1.85. The molecular formula is C10H16O2. The Labute approximate surface area is 73.6 Å². The summed E-state index contributed by atoms with van der Waals surface area (Å²) in [4.78, 5) is 10.1. The van der Waals surface area contributed by atoms with E-state index in [2.05, 4.69) is 13.0 Å². The summed E-state index contributed by atoms with van der Waals surface area (Å²) in [6, 6.07) is 0. The Balaban J connectivity index is 3.33. The number of hydrogen-bond donors (Lipinski definition) is 1. The number of aliphatic carboxylic acids is 1. The zero-order chi connectivity index (χ0) is 9.23. The first-order chi connectivity index (χ1) is 5.77. The highest BCUT2D eigenvalue weighted by atomic mass is 16.4. The van der Waals surface area contributed by atoms with Crippen LogP contribution in [0.4, 0.5) is 0 Å². The van der Waals surface area contributed by atoms with Gasteiger partial charge in [0.25, 0.3) is 0 Å². The summed E-state index contributed by atoms with van der Waals surface area (Å²) in [5.74, 6) is -0.784. The molecule has 0 bridgehead atoms. The van der Waals surface area contributed by atoms with Gasteiger partial charge < -0.3 is 5.11 Å². The van der Waals surface area contributed by atoms with E-state index in [1.165, 1.54) is 12.8 Å². The van der Waals surface area contributed by atoms with Crippen LogP contribution in [-0.4, -0.2) is 11.1 Å². The summed E-state index contributed by atoms with van der Waals surface area (Å²) in [6.45, 7) is 2.15. The third-order valence-corrected chi connectivity index (χ3v) is 1.40. The van der Waals surface area contributed by atoms with E-state index in [9.17, 15) is 4.79 Å². The molecule has 0 heterocycles. The predicted molar refractivity (Wildman–Crippen MR) is 50.1 cm³/mol. The molecule has 0 atom stereocenters. The van der Waals surface area contributed by atoms with Crippen molar-refractivity contribution in [1.82, 2.24) is 0 Å². The lowest BCUT2D eigenvalue weighted by Crippen LogP contribution is -1.89. The molecule has 0 saturated heterocycles. The van der Waals surface area contributed by atoms with Crippen molar-refractivity contribution < 1.29 is 9.90 Å². The van der Waals surface area contributed by atoms with Gasteiger partial charge in [-0.25, -0.2) is 0 Å². The maximum absolute atomic E-state index is 10.1. The van der Waals surface area contributed by atoms with Crippen LogP contribution in [0.1, 0.15) is 32.6 Å². The molecule has 1 N–H and O–H groups in total. The predicted octanol–water partition coefficient (Wildman–Crippen LogP) is 2.76. The summed E-state index contributed by atoms with van der Waals surface area (Å²) in [7, 11) is 0. The summed E-state index contributed by atoms with van der Waals surface area (Å²) in [5, 5.41) is 8.28. The molecule has 0 aromatic rings. The van der Waals surface area contributed by atoms with E-state index in [-0.39, 0.29) is 6.42 Å². The third-order valence-electron chi connectivity index (χ3n) is 1.40. The zero-order valence-electron chi connectivity index (χ0n) is 7.49. The summed E-state index contributed by atoms with van der Waals surface area (Å²) in [6.07, 6.45) is 11.0. The zero-order valence-corrected chi connectivity index (χ0v) is 7.49. The van der Waals surface area contributed by atoms with E-state index in [0.29, 0.717) is 0 Å². The Bertz CT molecular complexity index is 169. The van der Waals surface area contributed by atoms with Crippen molar-refractivity contribution in [3.05, 3.63) is 24.3 Å². The van der Waals surface area contributed by atoms with Crippen LogP contribution >= 0.6 is 0 Å². The number of carboxylic acid groups (broad SMARTS) is 1. The minimum atomic E-state index is -0.784. The minimum absolute atomic E-state index is 0.109. The first-order valence-electron chi connectivity index (χ1n) is 4.30. The van der Waals surface area contributed by atoms with Crippen molar-refractivity contribution in [3.8, 4) is 0 Å². The third kappa shape index (κ3) is 8.95. The van der Waals surface area contributed by atoms with E-state index in [1.54, 1.807) is 12.2 Å². The van der Waals surface area contributed by atoms with Gasteiger partial charge in [-0.05, 0) is 6.42 Å². The van der Waals surface area contributed by atoms with E-state index in [1.807, 2.05) is 6.08 Å². The Morgan fingerprint density at radius 2 is 2.00 bits per heavy atom. The molecule has 0 rings (SSSR count). The van der Waals surface area contributed by atoms with Crippen molar-refractivity contribution in [2.24, 2.45) is 0 Å².